The summed E-state index contributed by atoms with van der Waals surface area (Å²) < 4.78 is 0. The van der Waals surface area contributed by atoms with E-state index in [1.165, 1.54) is 25.7 Å². The van der Waals surface area contributed by atoms with Crippen LogP contribution in [0.3, 0.4) is 0 Å². The van der Waals surface area contributed by atoms with Gasteiger partial charge in [-0.15, -0.1) is 0 Å². The van der Waals surface area contributed by atoms with Crippen molar-refractivity contribution in [2.24, 2.45) is 5.73 Å². The number of nitrogens with two attached hydrogens (primary N) is 1. The highest BCUT2D eigenvalue weighted by Gasteiger charge is 2.15. The Morgan fingerprint density at radius 2 is 2.20 bits per heavy atom. The molecule has 0 radical (unpaired) electrons. The molecule has 15 heavy (non-hydrogen) atoms. The zero-order chi connectivity index (χ0) is 10.7. The van der Waals surface area contributed by atoms with Crippen molar-refractivity contribution < 1.29 is 0 Å². The van der Waals surface area contributed by atoms with Crippen LogP contribution in [0.1, 0.15) is 31.2 Å². The molecule has 0 bridgehead atoms. The molecule has 1 aromatic rings. The summed E-state index contributed by atoms with van der Waals surface area (Å²) in [6.07, 6.45) is 6.86. The van der Waals surface area contributed by atoms with Crippen LogP contribution in [-0.2, 0) is 6.54 Å². The molecule has 1 aliphatic carbocycles. The Balaban J connectivity index is 2.14. The first kappa shape index (κ1) is 10.7. The average molecular weight is 226 g/mol. The molecular weight excluding hydrogens is 210 g/mol. The first-order valence-electron chi connectivity index (χ1n) is 5.40. The van der Waals surface area contributed by atoms with Gasteiger partial charge in [-0.05, 0) is 18.9 Å². The molecule has 1 fully saturated rings. The predicted octanol–water partition coefficient (Wildman–Crippen LogP) is 2.55. The lowest BCUT2D eigenvalue weighted by Crippen LogP contribution is -2.16. The van der Waals surface area contributed by atoms with E-state index in [2.05, 4.69) is 10.3 Å². The average Bonchev–Trinajstić information content (AvgIpc) is 2.71. The number of hydrogen-bond acceptors (Lipinski definition) is 3. The van der Waals surface area contributed by atoms with Crippen molar-refractivity contribution in [3.63, 3.8) is 0 Å². The Morgan fingerprint density at radius 1 is 1.47 bits per heavy atom. The summed E-state index contributed by atoms with van der Waals surface area (Å²) in [4.78, 5) is 4.03. The SMILES string of the molecule is NCc1cnc(Cl)cc1NC1CCCC1. The first-order valence-corrected chi connectivity index (χ1v) is 5.78. The summed E-state index contributed by atoms with van der Waals surface area (Å²) in [5, 5.41) is 4.02. The van der Waals surface area contributed by atoms with E-state index in [0.717, 1.165) is 11.3 Å². The van der Waals surface area contributed by atoms with Gasteiger partial charge in [0, 0.05) is 30.0 Å². The van der Waals surface area contributed by atoms with Crippen LogP contribution in [0, 0.1) is 0 Å². The van der Waals surface area contributed by atoms with E-state index < -0.39 is 0 Å². The second kappa shape index (κ2) is 4.81. The molecular formula is C11H16ClN3. The summed E-state index contributed by atoms with van der Waals surface area (Å²) in [5.41, 5.74) is 7.73. The quantitative estimate of drug-likeness (QED) is 0.778. The zero-order valence-corrected chi connectivity index (χ0v) is 9.43. The summed E-state index contributed by atoms with van der Waals surface area (Å²) in [7, 11) is 0. The molecule has 1 aromatic heterocycles. The number of aromatic nitrogens is 1. The lowest BCUT2D eigenvalue weighted by molar-refractivity contribution is 0.752. The van der Waals surface area contributed by atoms with Crippen LogP contribution < -0.4 is 11.1 Å². The highest BCUT2D eigenvalue weighted by atomic mass is 35.5. The van der Waals surface area contributed by atoms with Crippen molar-refractivity contribution in [2.45, 2.75) is 38.3 Å². The maximum Gasteiger partial charge on any atom is 0.131 e. The van der Waals surface area contributed by atoms with Crippen LogP contribution in [0.2, 0.25) is 5.15 Å². The first-order chi connectivity index (χ1) is 7.29. The number of halogens is 1. The Labute approximate surface area is 95.0 Å². The van der Waals surface area contributed by atoms with E-state index in [1.807, 2.05) is 6.07 Å². The van der Waals surface area contributed by atoms with Crippen LogP contribution >= 0.6 is 11.6 Å². The van der Waals surface area contributed by atoms with Gasteiger partial charge in [-0.3, -0.25) is 0 Å². The molecule has 0 unspecified atom stereocenters. The predicted molar refractivity (Wildman–Crippen MR) is 63.0 cm³/mol. The third kappa shape index (κ3) is 2.61. The van der Waals surface area contributed by atoms with E-state index in [9.17, 15) is 0 Å². The monoisotopic (exact) mass is 225 g/mol. The Morgan fingerprint density at radius 3 is 2.87 bits per heavy atom. The second-order valence-electron chi connectivity index (χ2n) is 3.99. The molecule has 0 aliphatic heterocycles. The standard InChI is InChI=1S/C11H16ClN3/c12-11-5-10(8(6-13)7-14-11)15-9-3-1-2-4-9/h5,7,9H,1-4,6,13H2,(H,14,15). The lowest BCUT2D eigenvalue weighted by atomic mass is 10.2. The molecule has 1 heterocycles. The topological polar surface area (TPSA) is 50.9 Å². The molecule has 0 amide bonds. The smallest absolute Gasteiger partial charge is 0.131 e. The van der Waals surface area contributed by atoms with Crippen molar-refractivity contribution in [1.29, 1.82) is 0 Å². The Hall–Kier alpha value is -0.800. The molecule has 4 heteroatoms. The largest absolute Gasteiger partial charge is 0.382 e. The molecule has 0 atom stereocenters. The maximum absolute atomic E-state index is 5.87. The number of nitrogens with one attached hydrogen (secondary N) is 1. The number of pyridine rings is 1. The van der Waals surface area contributed by atoms with Crippen LogP contribution in [0.15, 0.2) is 12.3 Å². The van der Waals surface area contributed by atoms with Gasteiger partial charge in [-0.1, -0.05) is 24.4 Å². The third-order valence-corrected chi connectivity index (χ3v) is 3.09. The van der Waals surface area contributed by atoms with Crippen molar-refractivity contribution in [2.75, 3.05) is 5.32 Å². The van der Waals surface area contributed by atoms with Crippen molar-refractivity contribution in [1.82, 2.24) is 4.98 Å². The molecule has 0 spiro atoms. The number of nitrogens with zero attached hydrogens (tertiary/aromatic N) is 1. The molecule has 1 aliphatic rings. The number of rotatable bonds is 3. The van der Waals surface area contributed by atoms with Gasteiger partial charge in [0.2, 0.25) is 0 Å². The van der Waals surface area contributed by atoms with E-state index >= 15 is 0 Å². The fourth-order valence-corrected chi connectivity index (χ4v) is 2.20. The number of hydrogen-bond donors (Lipinski definition) is 2. The van der Waals surface area contributed by atoms with Gasteiger partial charge in [0.1, 0.15) is 5.15 Å². The van der Waals surface area contributed by atoms with E-state index in [-0.39, 0.29) is 0 Å². The minimum absolute atomic E-state index is 0.499. The van der Waals surface area contributed by atoms with Gasteiger partial charge in [0.25, 0.3) is 0 Å². The molecule has 3 nitrogen and oxygen atoms in total. The van der Waals surface area contributed by atoms with Crippen LogP contribution in [0.25, 0.3) is 0 Å². The molecule has 2 rings (SSSR count). The fraction of sp³-hybridized carbons (Fsp3) is 0.545. The zero-order valence-electron chi connectivity index (χ0n) is 8.67. The van der Waals surface area contributed by atoms with E-state index in [4.69, 9.17) is 17.3 Å². The van der Waals surface area contributed by atoms with Crippen LogP contribution in [0.4, 0.5) is 5.69 Å². The molecule has 1 saturated carbocycles. The molecule has 0 saturated heterocycles. The summed E-state index contributed by atoms with van der Waals surface area (Å²) in [6, 6.07) is 2.44. The van der Waals surface area contributed by atoms with Crippen molar-refractivity contribution >= 4 is 17.3 Å². The second-order valence-corrected chi connectivity index (χ2v) is 4.38. The fourth-order valence-electron chi connectivity index (χ4n) is 2.05. The maximum atomic E-state index is 5.87. The summed E-state index contributed by atoms with van der Waals surface area (Å²) >= 11 is 5.87. The number of anilines is 1. The van der Waals surface area contributed by atoms with Gasteiger partial charge < -0.3 is 11.1 Å². The van der Waals surface area contributed by atoms with Gasteiger partial charge in [0.15, 0.2) is 0 Å². The minimum atomic E-state index is 0.499. The minimum Gasteiger partial charge on any atom is -0.382 e. The van der Waals surface area contributed by atoms with Crippen LogP contribution in [0.5, 0.6) is 0 Å². The summed E-state index contributed by atoms with van der Waals surface area (Å²) in [6.45, 7) is 0.499. The Kier molecular flexibility index (Phi) is 3.44. The third-order valence-electron chi connectivity index (χ3n) is 2.89. The van der Waals surface area contributed by atoms with Crippen LogP contribution in [-0.4, -0.2) is 11.0 Å². The lowest BCUT2D eigenvalue weighted by Gasteiger charge is -2.16. The highest BCUT2D eigenvalue weighted by Crippen LogP contribution is 2.25. The van der Waals surface area contributed by atoms with Gasteiger partial charge in [-0.2, -0.15) is 0 Å². The highest BCUT2D eigenvalue weighted by molar-refractivity contribution is 6.29. The molecule has 82 valence electrons. The molecule has 0 aromatic carbocycles. The van der Waals surface area contributed by atoms with Gasteiger partial charge in [-0.25, -0.2) is 4.98 Å². The van der Waals surface area contributed by atoms with Gasteiger partial charge >= 0.3 is 0 Å². The van der Waals surface area contributed by atoms with E-state index in [1.54, 1.807) is 6.20 Å². The Bertz CT molecular complexity index is 335. The van der Waals surface area contributed by atoms with Gasteiger partial charge in [0.05, 0.1) is 0 Å². The summed E-state index contributed by atoms with van der Waals surface area (Å²) in [5.74, 6) is 0. The van der Waals surface area contributed by atoms with Crippen molar-refractivity contribution in [3.8, 4) is 0 Å². The molecule has 3 N–H and O–H groups in total. The van der Waals surface area contributed by atoms with E-state index in [0.29, 0.717) is 17.7 Å². The normalized spacial score (nSPS) is 16.9. The van der Waals surface area contributed by atoms with Crippen molar-refractivity contribution in [3.05, 3.63) is 23.0 Å².